The van der Waals surface area contributed by atoms with Crippen molar-refractivity contribution in [2.24, 2.45) is 0 Å². The van der Waals surface area contributed by atoms with Crippen molar-refractivity contribution < 1.29 is 4.79 Å². The van der Waals surface area contributed by atoms with Gasteiger partial charge in [-0.3, -0.25) is 4.79 Å². The Kier molecular flexibility index (Phi) is 6.73. The second-order valence-corrected chi connectivity index (χ2v) is 7.72. The number of benzene rings is 1. The number of halogens is 1. The number of hydrogen-bond acceptors (Lipinski definition) is 4. The number of amides is 1. The van der Waals surface area contributed by atoms with E-state index in [1.807, 2.05) is 11.8 Å². The van der Waals surface area contributed by atoms with Crippen LogP contribution in [0.4, 0.5) is 0 Å². The third-order valence-electron chi connectivity index (χ3n) is 6.08. The van der Waals surface area contributed by atoms with Crippen molar-refractivity contribution in [3.63, 3.8) is 0 Å². The molecule has 28 heavy (non-hydrogen) atoms. The predicted octanol–water partition coefficient (Wildman–Crippen LogP) is 2.88. The fourth-order valence-corrected chi connectivity index (χ4v) is 4.23. The van der Waals surface area contributed by atoms with Crippen molar-refractivity contribution in [1.82, 2.24) is 25.0 Å². The molecule has 1 N–H and O–H groups in total. The molecule has 1 saturated heterocycles. The lowest BCUT2D eigenvalue weighted by atomic mass is 9.93. The van der Waals surface area contributed by atoms with Crippen LogP contribution in [0.1, 0.15) is 61.3 Å². The molecule has 1 atom stereocenters. The summed E-state index contributed by atoms with van der Waals surface area (Å²) in [5, 5.41) is 12.1. The number of piperidine rings is 1. The van der Waals surface area contributed by atoms with Gasteiger partial charge in [-0.05, 0) is 37.3 Å². The summed E-state index contributed by atoms with van der Waals surface area (Å²) >= 11 is 0. The van der Waals surface area contributed by atoms with Crippen LogP contribution in [0.2, 0.25) is 0 Å². The first-order chi connectivity index (χ1) is 13.2. The molecule has 4 rings (SSSR count). The highest BCUT2D eigenvalue weighted by Gasteiger charge is 2.30. The zero-order chi connectivity index (χ0) is 18.8. The van der Waals surface area contributed by atoms with Crippen LogP contribution in [0, 0.1) is 0 Å². The maximum absolute atomic E-state index is 13.0. The van der Waals surface area contributed by atoms with Gasteiger partial charge in [0.2, 0.25) is 5.91 Å². The lowest BCUT2D eigenvalue weighted by molar-refractivity contribution is -0.133. The molecule has 0 aliphatic carbocycles. The number of likely N-dealkylation sites (tertiary alicyclic amines) is 1. The molecular formula is C21H30ClN5O. The number of aryl methyl sites for hydroxylation is 1. The summed E-state index contributed by atoms with van der Waals surface area (Å²) in [5.74, 6) is 2.72. The van der Waals surface area contributed by atoms with Crippen molar-refractivity contribution in [1.29, 1.82) is 0 Å². The van der Waals surface area contributed by atoms with Crippen molar-refractivity contribution in [2.45, 2.75) is 58.0 Å². The highest BCUT2D eigenvalue weighted by Crippen LogP contribution is 2.29. The molecule has 1 fully saturated rings. The van der Waals surface area contributed by atoms with E-state index in [0.29, 0.717) is 5.92 Å². The van der Waals surface area contributed by atoms with E-state index in [-0.39, 0.29) is 24.2 Å². The number of carbonyl (C=O) groups is 1. The van der Waals surface area contributed by atoms with Gasteiger partial charge < -0.3 is 14.8 Å². The molecule has 2 aliphatic rings. The molecule has 152 valence electrons. The summed E-state index contributed by atoms with van der Waals surface area (Å²) in [7, 11) is 0. The first kappa shape index (κ1) is 20.8. The Morgan fingerprint density at radius 3 is 2.57 bits per heavy atom. The van der Waals surface area contributed by atoms with E-state index in [2.05, 4.69) is 51.3 Å². The molecule has 6 nitrogen and oxygen atoms in total. The van der Waals surface area contributed by atoms with E-state index in [1.54, 1.807) is 0 Å². The Balaban J connectivity index is 0.00000225. The third-order valence-corrected chi connectivity index (χ3v) is 6.08. The Morgan fingerprint density at radius 1 is 1.18 bits per heavy atom. The minimum Gasteiger partial charge on any atom is -0.342 e. The van der Waals surface area contributed by atoms with Gasteiger partial charge in [0.05, 0.1) is 12.5 Å². The van der Waals surface area contributed by atoms with E-state index in [4.69, 9.17) is 0 Å². The topological polar surface area (TPSA) is 63.1 Å². The fourth-order valence-electron chi connectivity index (χ4n) is 4.23. The van der Waals surface area contributed by atoms with Gasteiger partial charge in [-0.1, -0.05) is 31.2 Å². The fraction of sp³-hybridized carbons (Fsp3) is 0.571. The van der Waals surface area contributed by atoms with Crippen molar-refractivity contribution in [3.05, 3.63) is 47.0 Å². The second kappa shape index (κ2) is 9.05. The van der Waals surface area contributed by atoms with E-state index in [9.17, 15) is 4.79 Å². The summed E-state index contributed by atoms with van der Waals surface area (Å²) in [6.45, 7) is 8.51. The predicted molar refractivity (Wildman–Crippen MR) is 112 cm³/mol. The Bertz CT molecular complexity index is 796. The Morgan fingerprint density at radius 2 is 1.89 bits per heavy atom. The number of carbonyl (C=O) groups excluding carboxylic acids is 1. The van der Waals surface area contributed by atoms with Crippen molar-refractivity contribution in [2.75, 3.05) is 19.6 Å². The lowest BCUT2D eigenvalue weighted by Gasteiger charge is -2.33. The van der Waals surface area contributed by atoms with Crippen LogP contribution in [-0.4, -0.2) is 45.2 Å². The van der Waals surface area contributed by atoms with Gasteiger partial charge in [0.1, 0.15) is 11.6 Å². The quantitative estimate of drug-likeness (QED) is 0.852. The summed E-state index contributed by atoms with van der Waals surface area (Å²) in [6.07, 6.45) is 2.97. The molecule has 1 unspecified atom stereocenters. The zero-order valence-electron chi connectivity index (χ0n) is 16.7. The summed E-state index contributed by atoms with van der Waals surface area (Å²) < 4.78 is 2.27. The molecule has 0 radical (unpaired) electrons. The molecule has 2 aliphatic heterocycles. The number of fused-ring (bicyclic) bond motifs is 1. The molecule has 0 bridgehead atoms. The highest BCUT2D eigenvalue weighted by molar-refractivity contribution is 5.85. The smallest absolute Gasteiger partial charge is 0.229 e. The van der Waals surface area contributed by atoms with E-state index < -0.39 is 0 Å². The SMILES string of the molecule is CCc1ccc(C(C)C(=O)N2CCC(c3nnc4n3CCNC4)CC2)cc1.Cl. The standard InChI is InChI=1S/C21H29N5O.ClH/c1-3-16-4-6-17(7-5-16)15(2)21(27)25-11-8-18(9-12-25)20-24-23-19-14-22-10-13-26(19)20;/h4-7,15,18,22H,3,8-14H2,1-2H3;1H. The zero-order valence-corrected chi connectivity index (χ0v) is 17.5. The number of rotatable bonds is 4. The molecule has 7 heteroatoms. The molecule has 1 amide bonds. The number of aromatic nitrogens is 3. The maximum atomic E-state index is 13.0. The van der Waals surface area contributed by atoms with Crippen LogP contribution in [0.5, 0.6) is 0 Å². The van der Waals surface area contributed by atoms with Gasteiger partial charge in [-0.2, -0.15) is 0 Å². The molecular weight excluding hydrogens is 374 g/mol. The molecule has 0 saturated carbocycles. The number of hydrogen-bond donors (Lipinski definition) is 1. The van der Waals surface area contributed by atoms with Crippen LogP contribution in [-0.2, 0) is 24.3 Å². The lowest BCUT2D eigenvalue weighted by Crippen LogP contribution is -2.40. The van der Waals surface area contributed by atoms with Gasteiger partial charge in [0.15, 0.2) is 0 Å². The molecule has 3 heterocycles. The molecule has 1 aromatic carbocycles. The molecule has 2 aromatic rings. The van der Waals surface area contributed by atoms with Crippen molar-refractivity contribution >= 4 is 18.3 Å². The van der Waals surface area contributed by atoms with Crippen LogP contribution in [0.25, 0.3) is 0 Å². The van der Waals surface area contributed by atoms with E-state index >= 15 is 0 Å². The Hall–Kier alpha value is -1.92. The third kappa shape index (κ3) is 4.08. The van der Waals surface area contributed by atoms with E-state index in [1.165, 1.54) is 5.56 Å². The number of nitrogens with one attached hydrogen (secondary N) is 1. The van der Waals surface area contributed by atoms with Crippen LogP contribution >= 0.6 is 12.4 Å². The van der Waals surface area contributed by atoms with Crippen LogP contribution < -0.4 is 5.32 Å². The summed E-state index contributed by atoms with van der Waals surface area (Å²) in [5.41, 5.74) is 2.42. The normalized spacial score (nSPS) is 18.3. The van der Waals surface area contributed by atoms with Gasteiger partial charge in [0, 0.05) is 32.1 Å². The number of nitrogens with zero attached hydrogens (tertiary/aromatic N) is 4. The van der Waals surface area contributed by atoms with Gasteiger partial charge >= 0.3 is 0 Å². The monoisotopic (exact) mass is 403 g/mol. The average molecular weight is 404 g/mol. The van der Waals surface area contributed by atoms with Crippen molar-refractivity contribution in [3.8, 4) is 0 Å². The maximum Gasteiger partial charge on any atom is 0.229 e. The summed E-state index contributed by atoms with van der Waals surface area (Å²) in [6, 6.07) is 8.47. The van der Waals surface area contributed by atoms with E-state index in [0.717, 1.165) is 69.2 Å². The second-order valence-electron chi connectivity index (χ2n) is 7.72. The minimum absolute atomic E-state index is 0. The first-order valence-corrected chi connectivity index (χ1v) is 10.2. The van der Waals surface area contributed by atoms with Gasteiger partial charge in [-0.25, -0.2) is 0 Å². The molecule has 0 spiro atoms. The average Bonchev–Trinajstić information content (AvgIpc) is 3.17. The largest absolute Gasteiger partial charge is 0.342 e. The van der Waals surface area contributed by atoms with Crippen LogP contribution in [0.3, 0.4) is 0 Å². The Labute approximate surface area is 173 Å². The first-order valence-electron chi connectivity index (χ1n) is 10.2. The van der Waals surface area contributed by atoms with Gasteiger partial charge in [0.25, 0.3) is 0 Å². The van der Waals surface area contributed by atoms with Crippen LogP contribution in [0.15, 0.2) is 24.3 Å². The summed E-state index contributed by atoms with van der Waals surface area (Å²) in [4.78, 5) is 15.0. The van der Waals surface area contributed by atoms with Gasteiger partial charge in [-0.15, -0.1) is 22.6 Å². The molecule has 1 aromatic heterocycles. The highest BCUT2D eigenvalue weighted by atomic mass is 35.5. The minimum atomic E-state index is -0.0839.